The third-order valence-corrected chi connectivity index (χ3v) is 15.1. The first-order chi connectivity index (χ1) is 30.1. The van der Waals surface area contributed by atoms with Crippen molar-refractivity contribution in [3.8, 4) is 11.1 Å². The van der Waals surface area contributed by atoms with Crippen LogP contribution < -0.4 is 10.2 Å². The van der Waals surface area contributed by atoms with Crippen LogP contribution in [0.4, 0.5) is 28.4 Å². The van der Waals surface area contributed by atoms with E-state index in [9.17, 15) is 0 Å². The van der Waals surface area contributed by atoms with Gasteiger partial charge in [-0.3, -0.25) is 0 Å². The zero-order valence-corrected chi connectivity index (χ0v) is 38.3. The van der Waals surface area contributed by atoms with E-state index in [4.69, 9.17) is 0 Å². The van der Waals surface area contributed by atoms with Crippen LogP contribution in [0.2, 0.25) is 0 Å². The van der Waals surface area contributed by atoms with Crippen LogP contribution in [0.5, 0.6) is 0 Å². The van der Waals surface area contributed by atoms with E-state index in [0.717, 1.165) is 6.42 Å². The Kier molecular flexibility index (Phi) is 8.65. The van der Waals surface area contributed by atoms with E-state index >= 15 is 0 Å². The molecule has 1 N–H and O–H groups in total. The van der Waals surface area contributed by atoms with Crippen molar-refractivity contribution >= 4 is 40.1 Å². The lowest BCUT2D eigenvalue weighted by Gasteiger charge is -2.42. The molecule has 1 unspecified atom stereocenters. The van der Waals surface area contributed by atoms with Crippen molar-refractivity contribution in [2.45, 2.75) is 90.4 Å². The third-order valence-electron chi connectivity index (χ3n) is 15.1. The summed E-state index contributed by atoms with van der Waals surface area (Å²) in [6.45, 7) is 21.1. The Bertz CT molecular complexity index is 3060. The Balaban J connectivity index is 0.841. The summed E-state index contributed by atoms with van der Waals surface area (Å²) < 4.78 is 0. The second-order valence-electron chi connectivity index (χ2n) is 21.2. The van der Waals surface area contributed by atoms with Gasteiger partial charge >= 0.3 is 0 Å². The maximum Gasteiger partial charge on any atom is 0.0503 e. The highest BCUT2D eigenvalue weighted by Gasteiger charge is 2.41. The molecule has 63 heavy (non-hydrogen) atoms. The number of nitrogens with zero attached hydrogens (tertiary/aromatic N) is 1. The van der Waals surface area contributed by atoms with E-state index in [0.29, 0.717) is 5.92 Å². The molecule has 11 rings (SSSR count). The summed E-state index contributed by atoms with van der Waals surface area (Å²) in [5.74, 6) is 0.372. The smallest absolute Gasteiger partial charge is 0.0503 e. The normalized spacial score (nSPS) is 19.3. The van der Waals surface area contributed by atoms with E-state index in [-0.39, 0.29) is 21.7 Å². The highest BCUT2D eigenvalue weighted by Crippen LogP contribution is 2.56. The summed E-state index contributed by atoms with van der Waals surface area (Å²) >= 11 is 0. The minimum absolute atomic E-state index is 0.0826. The van der Waals surface area contributed by atoms with Crippen LogP contribution >= 0.6 is 0 Å². The molecule has 312 valence electrons. The minimum atomic E-state index is -0.145. The van der Waals surface area contributed by atoms with Gasteiger partial charge in [0.05, 0.1) is 11.4 Å². The lowest BCUT2D eigenvalue weighted by atomic mass is 9.72. The van der Waals surface area contributed by atoms with Crippen LogP contribution in [0.15, 0.2) is 169 Å². The zero-order chi connectivity index (χ0) is 43.6. The Hall–Kier alpha value is -6.38. The summed E-state index contributed by atoms with van der Waals surface area (Å²) in [5.41, 5.74) is 24.7. The van der Waals surface area contributed by atoms with Crippen molar-refractivity contribution in [3.63, 3.8) is 0 Å². The molecule has 2 aliphatic heterocycles. The van der Waals surface area contributed by atoms with Crippen LogP contribution in [0.1, 0.15) is 119 Å². The maximum atomic E-state index is 3.79. The summed E-state index contributed by atoms with van der Waals surface area (Å²) in [4.78, 5) is 2.45. The van der Waals surface area contributed by atoms with Gasteiger partial charge in [-0.2, -0.15) is 0 Å². The molecule has 6 aromatic carbocycles. The van der Waals surface area contributed by atoms with Crippen molar-refractivity contribution in [3.05, 3.63) is 219 Å². The molecule has 0 spiro atoms. The number of para-hydroxylation sites is 2. The van der Waals surface area contributed by atoms with Crippen molar-refractivity contribution in [1.29, 1.82) is 0 Å². The summed E-state index contributed by atoms with van der Waals surface area (Å²) in [7, 11) is 0. The third kappa shape index (κ3) is 6.20. The molecule has 2 heteroatoms. The molecule has 0 radical (unpaired) electrons. The molecule has 6 aromatic rings. The summed E-state index contributed by atoms with van der Waals surface area (Å²) in [5, 5.41) is 3.79. The van der Waals surface area contributed by atoms with Gasteiger partial charge in [0.2, 0.25) is 0 Å². The van der Waals surface area contributed by atoms with Crippen LogP contribution in [-0.4, -0.2) is 0 Å². The molecule has 3 aliphatic carbocycles. The van der Waals surface area contributed by atoms with Gasteiger partial charge in [-0.05, 0) is 144 Å². The Morgan fingerprint density at radius 3 is 2.08 bits per heavy atom. The standard InChI is InChI=1S/C61H58N2/c1-58(2,3)44-26-28-45(29-27-44)63-56-17-13-11-15-49(56)60(6,7)53-33-39(21-31-57(53)63)19-18-38-20-22-41-34-42(24-23-40(41)32-38)43-25-30-46-47-36-52-55(37-51(47)61(8,9)50(46)35-43)62-54-16-12-10-14-48(54)59(52,4)5/h10-22,24-37,40,62H,23H2,1-9H3/b19-18+. The van der Waals surface area contributed by atoms with Crippen molar-refractivity contribution in [2.75, 3.05) is 10.2 Å². The first kappa shape index (κ1) is 39.5. The number of hydrogen-bond donors (Lipinski definition) is 1. The van der Waals surface area contributed by atoms with Gasteiger partial charge < -0.3 is 10.2 Å². The van der Waals surface area contributed by atoms with Crippen LogP contribution in [0, 0.1) is 5.92 Å². The highest BCUT2D eigenvalue weighted by atomic mass is 15.2. The first-order valence-corrected chi connectivity index (χ1v) is 22.9. The molecule has 2 heterocycles. The monoisotopic (exact) mass is 818 g/mol. The lowest BCUT2D eigenvalue weighted by molar-refractivity contribution is 0.590. The fourth-order valence-corrected chi connectivity index (χ4v) is 11.3. The molecule has 1 atom stereocenters. The predicted molar refractivity (Wildman–Crippen MR) is 268 cm³/mol. The van der Waals surface area contributed by atoms with Crippen molar-refractivity contribution < 1.29 is 0 Å². The first-order valence-electron chi connectivity index (χ1n) is 22.9. The van der Waals surface area contributed by atoms with Gasteiger partial charge in [0, 0.05) is 39.2 Å². The van der Waals surface area contributed by atoms with Gasteiger partial charge in [0.1, 0.15) is 0 Å². The van der Waals surface area contributed by atoms with Gasteiger partial charge in [-0.15, -0.1) is 0 Å². The number of rotatable bonds is 4. The molecule has 2 nitrogen and oxygen atoms in total. The second-order valence-corrected chi connectivity index (χ2v) is 21.2. The quantitative estimate of drug-likeness (QED) is 0.191. The number of fused-ring (bicyclic) bond motifs is 8. The fraction of sp³-hybridized carbons (Fsp3) is 0.246. The average Bonchev–Trinajstić information content (AvgIpc) is 3.49. The average molecular weight is 819 g/mol. The summed E-state index contributed by atoms with van der Waals surface area (Å²) in [6, 6.07) is 46.0. The van der Waals surface area contributed by atoms with Crippen molar-refractivity contribution in [2.24, 2.45) is 5.92 Å². The molecule has 5 aliphatic rings. The maximum absolute atomic E-state index is 3.79. The Labute approximate surface area is 375 Å². The largest absolute Gasteiger partial charge is 0.355 e. The SMILES string of the molecule is CC(C)(C)c1ccc(N2c3ccccc3C(C)(C)c3cc(/C=C/C4=CC5CC=C(c6ccc7c(c6)C(C)(C)c6cc8c(cc6-7)C(C)(C)c6ccccc6N8)C=C5C=C4)ccc32)cc1. The molecule has 0 amide bonds. The number of anilines is 5. The number of allylic oxidation sites excluding steroid dienone is 9. The predicted octanol–water partition coefficient (Wildman–Crippen LogP) is 16.3. The number of benzene rings is 6. The van der Waals surface area contributed by atoms with E-state index in [1.165, 1.54) is 106 Å². The molecular formula is C61H58N2. The van der Waals surface area contributed by atoms with Crippen LogP contribution in [-0.2, 0) is 21.7 Å². The Morgan fingerprint density at radius 2 is 1.29 bits per heavy atom. The van der Waals surface area contributed by atoms with Gasteiger partial charge in [-0.1, -0.05) is 172 Å². The zero-order valence-electron chi connectivity index (χ0n) is 38.3. The van der Waals surface area contributed by atoms with Crippen molar-refractivity contribution in [1.82, 2.24) is 0 Å². The fourth-order valence-electron chi connectivity index (χ4n) is 11.3. The molecule has 0 fully saturated rings. The second kappa shape index (κ2) is 13.8. The van der Waals surface area contributed by atoms with Gasteiger partial charge in [-0.25, -0.2) is 0 Å². The number of nitrogens with one attached hydrogen (secondary N) is 1. The molecule has 0 saturated heterocycles. The lowest BCUT2D eigenvalue weighted by Crippen LogP contribution is -2.30. The Morgan fingerprint density at radius 1 is 0.587 bits per heavy atom. The van der Waals surface area contributed by atoms with E-state index < -0.39 is 0 Å². The van der Waals surface area contributed by atoms with E-state index in [1.807, 2.05) is 0 Å². The van der Waals surface area contributed by atoms with Crippen LogP contribution in [0.25, 0.3) is 22.8 Å². The van der Waals surface area contributed by atoms with Gasteiger partial charge in [0.25, 0.3) is 0 Å². The molecule has 0 aromatic heterocycles. The van der Waals surface area contributed by atoms with Crippen LogP contribution in [0.3, 0.4) is 0 Å². The highest BCUT2D eigenvalue weighted by molar-refractivity contribution is 5.90. The molecule has 0 saturated carbocycles. The number of hydrogen-bond acceptors (Lipinski definition) is 2. The van der Waals surface area contributed by atoms with Gasteiger partial charge in [0.15, 0.2) is 0 Å². The summed E-state index contributed by atoms with van der Waals surface area (Å²) in [6.07, 6.45) is 17.6. The molecule has 0 bridgehead atoms. The minimum Gasteiger partial charge on any atom is -0.355 e. The molecular weight excluding hydrogens is 761 g/mol. The van der Waals surface area contributed by atoms with E-state index in [1.54, 1.807) is 0 Å². The van der Waals surface area contributed by atoms with E-state index in [2.05, 4.69) is 236 Å². The topological polar surface area (TPSA) is 15.3 Å².